The Balaban J connectivity index is 1.95. The average molecular weight is 418 g/mol. The molecule has 0 radical (unpaired) electrons. The molecular formula is C21H30N4O5. The number of phenols is 1. The summed E-state index contributed by atoms with van der Waals surface area (Å²) in [5, 5.41) is 12.8. The Morgan fingerprint density at radius 3 is 2.57 bits per heavy atom. The lowest BCUT2D eigenvalue weighted by molar-refractivity contribution is -0.153. The number of carbonyl (C=O) groups excluding carboxylic acids is 2. The highest BCUT2D eigenvalue weighted by molar-refractivity contribution is 6.08. The van der Waals surface area contributed by atoms with Crippen LogP contribution in [0.15, 0.2) is 23.2 Å². The Bertz CT molecular complexity index is 805. The van der Waals surface area contributed by atoms with Crippen LogP contribution >= 0.6 is 0 Å². The first-order chi connectivity index (χ1) is 14.5. The average Bonchev–Trinajstić information content (AvgIpc) is 2.75. The van der Waals surface area contributed by atoms with Crippen LogP contribution in [0.3, 0.4) is 0 Å². The molecule has 3 rings (SSSR count). The summed E-state index contributed by atoms with van der Waals surface area (Å²) < 4.78 is 10.6. The van der Waals surface area contributed by atoms with E-state index in [0.717, 1.165) is 32.7 Å². The van der Waals surface area contributed by atoms with Crippen LogP contribution in [-0.4, -0.2) is 78.7 Å². The number of carbonyl (C=O) groups is 2. The van der Waals surface area contributed by atoms with Crippen LogP contribution in [0.4, 0.5) is 0 Å². The molecule has 1 fully saturated rings. The third kappa shape index (κ3) is 4.67. The largest absolute Gasteiger partial charge is 0.504 e. The third-order valence-corrected chi connectivity index (χ3v) is 5.38. The maximum absolute atomic E-state index is 12.9. The number of amides is 1. The van der Waals surface area contributed by atoms with Gasteiger partial charge in [0.05, 0.1) is 13.2 Å². The molecule has 1 aromatic rings. The van der Waals surface area contributed by atoms with Crippen LogP contribution in [0.2, 0.25) is 0 Å². The van der Waals surface area contributed by atoms with Gasteiger partial charge in [0.25, 0.3) is 0 Å². The lowest BCUT2D eigenvalue weighted by atomic mass is 9.91. The number of likely N-dealkylation sites (N-methyl/N-ethyl adjacent to an activating group) is 1. The molecule has 0 aliphatic carbocycles. The van der Waals surface area contributed by atoms with E-state index in [4.69, 9.17) is 14.5 Å². The standard InChI is InChI=1S/C21H30N4O5/c1-4-24-9-11-25(12-10-24)21-22-18(17(19(27)23-21)20(28)30-6-3)14-7-8-15(26)16(13-14)29-5-2/h7-8,13,17-18,26H,4-6,9-12H2,1-3H3,(H,22,23,27)/t17-,18-/m0/s1. The van der Waals surface area contributed by atoms with Crippen molar-refractivity contribution in [3.63, 3.8) is 0 Å². The SMILES string of the molecule is CCOC(=O)[C@@H]1C(=O)NC(N2CCN(CC)CC2)=N[C@H]1c1ccc(O)c(OCC)c1. The van der Waals surface area contributed by atoms with Gasteiger partial charge in [-0.05, 0) is 38.1 Å². The Hall–Kier alpha value is -2.81. The molecule has 1 aromatic carbocycles. The molecule has 2 aliphatic heterocycles. The summed E-state index contributed by atoms with van der Waals surface area (Å²) in [6, 6.07) is 4.01. The fraction of sp³-hybridized carbons (Fsp3) is 0.571. The second-order valence-electron chi connectivity index (χ2n) is 7.20. The van der Waals surface area contributed by atoms with E-state index in [0.29, 0.717) is 18.1 Å². The van der Waals surface area contributed by atoms with Gasteiger partial charge in [0.2, 0.25) is 11.9 Å². The highest BCUT2D eigenvalue weighted by Crippen LogP contribution is 2.36. The zero-order valence-corrected chi connectivity index (χ0v) is 17.8. The first-order valence-corrected chi connectivity index (χ1v) is 10.5. The van der Waals surface area contributed by atoms with Crippen molar-refractivity contribution in [2.45, 2.75) is 26.8 Å². The van der Waals surface area contributed by atoms with Crippen molar-refractivity contribution in [3.05, 3.63) is 23.8 Å². The molecule has 2 heterocycles. The Kier molecular flexibility index (Phi) is 7.15. The fourth-order valence-electron chi connectivity index (χ4n) is 3.73. The molecule has 0 unspecified atom stereocenters. The maximum atomic E-state index is 12.9. The van der Waals surface area contributed by atoms with E-state index in [1.807, 2.05) is 11.8 Å². The van der Waals surface area contributed by atoms with Crippen LogP contribution in [0.1, 0.15) is 32.4 Å². The van der Waals surface area contributed by atoms with E-state index in [1.54, 1.807) is 19.1 Å². The van der Waals surface area contributed by atoms with Gasteiger partial charge in [-0.1, -0.05) is 13.0 Å². The van der Waals surface area contributed by atoms with E-state index in [2.05, 4.69) is 17.1 Å². The fourth-order valence-corrected chi connectivity index (χ4v) is 3.73. The van der Waals surface area contributed by atoms with E-state index < -0.39 is 23.8 Å². The molecular weight excluding hydrogens is 388 g/mol. The predicted molar refractivity (Wildman–Crippen MR) is 111 cm³/mol. The predicted octanol–water partition coefficient (Wildman–Crippen LogP) is 1.13. The zero-order valence-electron chi connectivity index (χ0n) is 17.8. The van der Waals surface area contributed by atoms with Crippen molar-refractivity contribution >= 4 is 17.8 Å². The highest BCUT2D eigenvalue weighted by atomic mass is 16.5. The summed E-state index contributed by atoms with van der Waals surface area (Å²) in [6.45, 7) is 10.4. The molecule has 164 valence electrons. The van der Waals surface area contributed by atoms with Crippen LogP contribution in [0, 0.1) is 5.92 Å². The van der Waals surface area contributed by atoms with Gasteiger partial charge in [-0.15, -0.1) is 0 Å². The number of esters is 1. The van der Waals surface area contributed by atoms with Crippen LogP contribution in [0.25, 0.3) is 0 Å². The van der Waals surface area contributed by atoms with Gasteiger partial charge in [-0.3, -0.25) is 14.9 Å². The number of phenolic OH excluding ortho intramolecular Hbond substituents is 1. The second kappa shape index (κ2) is 9.80. The molecule has 0 aromatic heterocycles. The van der Waals surface area contributed by atoms with Gasteiger partial charge in [-0.25, -0.2) is 4.99 Å². The molecule has 9 heteroatoms. The summed E-state index contributed by atoms with van der Waals surface area (Å²) in [4.78, 5) is 34.6. The number of aromatic hydroxyl groups is 1. The summed E-state index contributed by atoms with van der Waals surface area (Å²) in [7, 11) is 0. The number of piperazine rings is 1. The minimum Gasteiger partial charge on any atom is -0.504 e. The maximum Gasteiger partial charge on any atom is 0.321 e. The molecule has 2 aliphatic rings. The number of guanidine groups is 1. The summed E-state index contributed by atoms with van der Waals surface area (Å²) in [5.41, 5.74) is 0.605. The monoisotopic (exact) mass is 418 g/mol. The van der Waals surface area contributed by atoms with Crippen molar-refractivity contribution in [2.75, 3.05) is 45.9 Å². The minimum absolute atomic E-state index is 0.00608. The summed E-state index contributed by atoms with van der Waals surface area (Å²) >= 11 is 0. The molecule has 2 atom stereocenters. The van der Waals surface area contributed by atoms with Gasteiger partial charge in [0.15, 0.2) is 17.4 Å². The summed E-state index contributed by atoms with van der Waals surface area (Å²) in [5.74, 6) is -1.42. The van der Waals surface area contributed by atoms with Gasteiger partial charge < -0.3 is 24.4 Å². The number of rotatable bonds is 6. The van der Waals surface area contributed by atoms with Crippen molar-refractivity contribution < 1.29 is 24.2 Å². The lowest BCUT2D eigenvalue weighted by Crippen LogP contribution is -2.57. The van der Waals surface area contributed by atoms with Crippen LogP contribution in [0.5, 0.6) is 11.5 Å². The highest BCUT2D eigenvalue weighted by Gasteiger charge is 2.42. The number of nitrogens with one attached hydrogen (secondary N) is 1. The van der Waals surface area contributed by atoms with E-state index in [1.165, 1.54) is 6.07 Å². The van der Waals surface area contributed by atoms with Crippen molar-refractivity contribution in [1.29, 1.82) is 0 Å². The zero-order chi connectivity index (χ0) is 21.7. The molecule has 1 saturated heterocycles. The molecule has 0 bridgehead atoms. The van der Waals surface area contributed by atoms with Crippen molar-refractivity contribution in [2.24, 2.45) is 10.9 Å². The molecule has 0 saturated carbocycles. The van der Waals surface area contributed by atoms with Gasteiger partial charge in [0, 0.05) is 26.2 Å². The normalized spacial score (nSPS) is 22.3. The third-order valence-electron chi connectivity index (χ3n) is 5.38. The van der Waals surface area contributed by atoms with Gasteiger partial charge in [0.1, 0.15) is 6.04 Å². The Morgan fingerprint density at radius 2 is 1.93 bits per heavy atom. The Morgan fingerprint density at radius 1 is 1.20 bits per heavy atom. The summed E-state index contributed by atoms with van der Waals surface area (Å²) in [6.07, 6.45) is 0. The minimum atomic E-state index is -1.11. The quantitative estimate of drug-likeness (QED) is 0.527. The first-order valence-electron chi connectivity index (χ1n) is 10.5. The van der Waals surface area contributed by atoms with Gasteiger partial charge >= 0.3 is 5.97 Å². The Labute approximate surface area is 176 Å². The first kappa shape index (κ1) is 21.9. The number of aliphatic imine (C=N–C) groups is 1. The van der Waals surface area contributed by atoms with Gasteiger partial charge in [-0.2, -0.15) is 0 Å². The second-order valence-corrected chi connectivity index (χ2v) is 7.20. The number of ether oxygens (including phenoxy) is 2. The van der Waals surface area contributed by atoms with Crippen molar-refractivity contribution in [1.82, 2.24) is 15.1 Å². The number of hydrogen-bond donors (Lipinski definition) is 2. The van der Waals surface area contributed by atoms with E-state index >= 15 is 0 Å². The molecule has 2 N–H and O–H groups in total. The lowest BCUT2D eigenvalue weighted by Gasteiger charge is -2.38. The smallest absolute Gasteiger partial charge is 0.321 e. The van der Waals surface area contributed by atoms with E-state index in [9.17, 15) is 14.7 Å². The molecule has 1 amide bonds. The number of benzene rings is 1. The molecule has 0 spiro atoms. The number of hydrogen-bond acceptors (Lipinski definition) is 8. The number of nitrogens with zero attached hydrogens (tertiary/aromatic N) is 3. The van der Waals surface area contributed by atoms with Crippen LogP contribution in [-0.2, 0) is 14.3 Å². The molecule has 30 heavy (non-hydrogen) atoms. The van der Waals surface area contributed by atoms with Crippen LogP contribution < -0.4 is 10.1 Å². The topological polar surface area (TPSA) is 104 Å². The van der Waals surface area contributed by atoms with Crippen molar-refractivity contribution in [3.8, 4) is 11.5 Å². The van der Waals surface area contributed by atoms with E-state index in [-0.39, 0.29) is 18.1 Å². The molecule has 9 nitrogen and oxygen atoms in total.